The Morgan fingerprint density at radius 2 is 1.83 bits per heavy atom. The Bertz CT molecular complexity index is 483. The van der Waals surface area contributed by atoms with E-state index in [0.29, 0.717) is 0 Å². The molecule has 0 spiro atoms. The Kier molecular flexibility index (Phi) is 6.57. The third kappa shape index (κ3) is 6.77. The fourth-order valence-corrected chi connectivity index (χ4v) is 4.24. The van der Waals surface area contributed by atoms with E-state index in [1.807, 2.05) is 0 Å². The number of oxime groups is 1. The van der Waals surface area contributed by atoms with Crippen LogP contribution >= 0.6 is 0 Å². The van der Waals surface area contributed by atoms with Crippen molar-refractivity contribution in [1.29, 1.82) is 0 Å². The molecule has 0 aliphatic carbocycles. The van der Waals surface area contributed by atoms with Crippen molar-refractivity contribution in [2.24, 2.45) is 10.9 Å². The maximum atomic E-state index is 11.8. The molecular weight excluding hydrogens is 282 g/mol. The summed E-state index contributed by atoms with van der Waals surface area (Å²) in [6.07, 6.45) is 1.07. The number of amidine groups is 1. The highest BCUT2D eigenvalue weighted by Gasteiger charge is 2.22. The summed E-state index contributed by atoms with van der Waals surface area (Å²) in [6, 6.07) is 0. The van der Waals surface area contributed by atoms with Crippen LogP contribution < -0.4 is 5.73 Å². The third-order valence-corrected chi connectivity index (χ3v) is 5.36. The van der Waals surface area contributed by atoms with E-state index < -0.39 is 31.4 Å². The lowest BCUT2D eigenvalue weighted by molar-refractivity contribution is 0.315. The molecule has 0 aliphatic heterocycles. The van der Waals surface area contributed by atoms with Crippen molar-refractivity contribution in [3.05, 3.63) is 0 Å². The van der Waals surface area contributed by atoms with E-state index in [-0.39, 0.29) is 25.3 Å². The van der Waals surface area contributed by atoms with Crippen LogP contribution in [-0.4, -0.2) is 63.0 Å². The summed E-state index contributed by atoms with van der Waals surface area (Å²) in [6.45, 7) is 1.88. The van der Waals surface area contributed by atoms with Gasteiger partial charge in [-0.3, -0.25) is 0 Å². The second kappa shape index (κ2) is 6.90. The van der Waals surface area contributed by atoms with Crippen molar-refractivity contribution in [2.45, 2.75) is 13.3 Å². The number of rotatable bonds is 8. The SMILES string of the molecule is CCN(CC/C(N)=N/O)S(=O)(=O)CCS(C)(=O)=O. The zero-order valence-corrected chi connectivity index (χ0v) is 12.0. The topological polar surface area (TPSA) is 130 Å². The molecule has 0 unspecified atom stereocenters. The van der Waals surface area contributed by atoms with Crippen LogP contribution in [-0.2, 0) is 19.9 Å². The van der Waals surface area contributed by atoms with Crippen LogP contribution in [0.25, 0.3) is 0 Å². The predicted octanol–water partition coefficient (Wildman–Crippen LogP) is -1.18. The van der Waals surface area contributed by atoms with Gasteiger partial charge in [-0.25, -0.2) is 21.1 Å². The van der Waals surface area contributed by atoms with Gasteiger partial charge in [0, 0.05) is 25.8 Å². The summed E-state index contributed by atoms with van der Waals surface area (Å²) in [5, 5.41) is 11.1. The molecule has 0 aliphatic rings. The Labute approximate surface area is 107 Å². The van der Waals surface area contributed by atoms with E-state index in [1.54, 1.807) is 6.92 Å². The third-order valence-electron chi connectivity index (χ3n) is 2.20. The summed E-state index contributed by atoms with van der Waals surface area (Å²) in [4.78, 5) is 0. The highest BCUT2D eigenvalue weighted by Crippen LogP contribution is 2.04. The zero-order valence-electron chi connectivity index (χ0n) is 10.4. The fraction of sp³-hybridized carbons (Fsp3) is 0.875. The van der Waals surface area contributed by atoms with Gasteiger partial charge in [-0.2, -0.15) is 0 Å². The standard InChI is InChI=1S/C8H19N3O5S2/c1-3-11(5-4-8(9)10-12)18(15,16)7-6-17(2,13)14/h12H,3-7H2,1-2H3,(H2,9,10). The second-order valence-electron chi connectivity index (χ2n) is 3.78. The van der Waals surface area contributed by atoms with Gasteiger partial charge in [-0.1, -0.05) is 12.1 Å². The molecule has 0 fully saturated rings. The van der Waals surface area contributed by atoms with E-state index >= 15 is 0 Å². The molecular formula is C8H19N3O5S2. The molecule has 0 heterocycles. The fourth-order valence-electron chi connectivity index (χ4n) is 1.17. The average Bonchev–Trinajstić information content (AvgIpc) is 2.26. The molecule has 0 amide bonds. The molecule has 10 heteroatoms. The van der Waals surface area contributed by atoms with Crippen molar-refractivity contribution in [3.63, 3.8) is 0 Å². The van der Waals surface area contributed by atoms with Gasteiger partial charge in [0.25, 0.3) is 0 Å². The summed E-state index contributed by atoms with van der Waals surface area (Å²) in [5.74, 6) is -0.961. The first-order chi connectivity index (χ1) is 8.12. The van der Waals surface area contributed by atoms with E-state index in [1.165, 1.54) is 0 Å². The minimum atomic E-state index is -3.65. The Morgan fingerprint density at radius 1 is 1.28 bits per heavy atom. The molecule has 0 bridgehead atoms. The van der Waals surface area contributed by atoms with Crippen molar-refractivity contribution in [2.75, 3.05) is 30.9 Å². The van der Waals surface area contributed by atoms with Crippen LogP contribution in [0.15, 0.2) is 5.16 Å². The van der Waals surface area contributed by atoms with Crippen LogP contribution in [0.5, 0.6) is 0 Å². The van der Waals surface area contributed by atoms with Crippen LogP contribution in [0.3, 0.4) is 0 Å². The molecule has 0 aromatic carbocycles. The Hall–Kier alpha value is -0.870. The second-order valence-corrected chi connectivity index (χ2v) is 8.13. The van der Waals surface area contributed by atoms with Gasteiger partial charge in [0.15, 0.2) is 0 Å². The summed E-state index contributed by atoms with van der Waals surface area (Å²) in [7, 11) is -6.98. The van der Waals surface area contributed by atoms with Gasteiger partial charge in [-0.15, -0.1) is 0 Å². The average molecular weight is 301 g/mol. The van der Waals surface area contributed by atoms with Crippen molar-refractivity contribution in [1.82, 2.24) is 4.31 Å². The molecule has 108 valence electrons. The number of hydrogen-bond acceptors (Lipinski definition) is 6. The first-order valence-electron chi connectivity index (χ1n) is 5.24. The van der Waals surface area contributed by atoms with Gasteiger partial charge in [-0.05, 0) is 0 Å². The highest BCUT2D eigenvalue weighted by atomic mass is 32.2. The number of nitrogens with zero attached hydrogens (tertiary/aromatic N) is 2. The minimum Gasteiger partial charge on any atom is -0.409 e. The molecule has 18 heavy (non-hydrogen) atoms. The normalized spacial score (nSPS) is 14.1. The van der Waals surface area contributed by atoms with Gasteiger partial charge in [0.2, 0.25) is 10.0 Å². The van der Waals surface area contributed by atoms with Crippen LogP contribution in [0.4, 0.5) is 0 Å². The largest absolute Gasteiger partial charge is 0.409 e. The molecule has 8 nitrogen and oxygen atoms in total. The van der Waals surface area contributed by atoms with Crippen molar-refractivity contribution < 1.29 is 22.0 Å². The van der Waals surface area contributed by atoms with Crippen molar-refractivity contribution >= 4 is 25.7 Å². The maximum absolute atomic E-state index is 11.8. The van der Waals surface area contributed by atoms with Crippen LogP contribution in [0.1, 0.15) is 13.3 Å². The number of sulfone groups is 1. The zero-order chi connectivity index (χ0) is 14.4. The summed E-state index contributed by atoms with van der Waals surface area (Å²) in [5.41, 5.74) is 5.25. The lowest BCUT2D eigenvalue weighted by Crippen LogP contribution is -2.37. The molecule has 0 saturated heterocycles. The Balaban J connectivity index is 4.63. The minimum absolute atomic E-state index is 0.0541. The molecule has 0 aromatic heterocycles. The summed E-state index contributed by atoms with van der Waals surface area (Å²) < 4.78 is 46.7. The van der Waals surface area contributed by atoms with E-state index in [2.05, 4.69) is 5.16 Å². The molecule has 0 atom stereocenters. The number of nitrogens with two attached hydrogens (primary N) is 1. The first-order valence-corrected chi connectivity index (χ1v) is 8.91. The Morgan fingerprint density at radius 3 is 2.22 bits per heavy atom. The molecule has 0 rings (SSSR count). The quantitative estimate of drug-likeness (QED) is 0.251. The smallest absolute Gasteiger partial charge is 0.215 e. The molecule has 3 N–H and O–H groups in total. The summed E-state index contributed by atoms with van der Waals surface area (Å²) >= 11 is 0. The van der Waals surface area contributed by atoms with E-state index in [0.717, 1.165) is 10.6 Å². The monoisotopic (exact) mass is 301 g/mol. The van der Waals surface area contributed by atoms with E-state index in [9.17, 15) is 16.8 Å². The van der Waals surface area contributed by atoms with Gasteiger partial charge >= 0.3 is 0 Å². The molecule has 0 aromatic rings. The lowest BCUT2D eigenvalue weighted by atomic mass is 10.4. The van der Waals surface area contributed by atoms with Crippen LogP contribution in [0.2, 0.25) is 0 Å². The van der Waals surface area contributed by atoms with Gasteiger partial charge < -0.3 is 10.9 Å². The molecule has 0 saturated carbocycles. The predicted molar refractivity (Wildman–Crippen MR) is 68.8 cm³/mol. The van der Waals surface area contributed by atoms with Gasteiger partial charge in [0.1, 0.15) is 15.7 Å². The first kappa shape index (κ1) is 17.1. The lowest BCUT2D eigenvalue weighted by Gasteiger charge is -2.19. The van der Waals surface area contributed by atoms with Crippen molar-refractivity contribution in [3.8, 4) is 0 Å². The highest BCUT2D eigenvalue weighted by molar-refractivity contribution is 7.93. The maximum Gasteiger partial charge on any atom is 0.215 e. The van der Waals surface area contributed by atoms with E-state index in [4.69, 9.17) is 10.9 Å². The number of sulfonamides is 1. The van der Waals surface area contributed by atoms with Crippen LogP contribution in [0, 0.1) is 0 Å². The number of hydrogen-bond donors (Lipinski definition) is 2. The van der Waals surface area contributed by atoms with Gasteiger partial charge in [0.05, 0.1) is 11.5 Å². The molecule has 0 radical (unpaired) electrons.